The van der Waals surface area contributed by atoms with Crippen LogP contribution in [0.15, 0.2) is 36.7 Å². The van der Waals surface area contributed by atoms with Crippen LogP contribution in [0.4, 0.5) is 15.9 Å². The van der Waals surface area contributed by atoms with E-state index in [1.54, 1.807) is 25.3 Å². The van der Waals surface area contributed by atoms with Crippen molar-refractivity contribution in [3.8, 4) is 5.75 Å². The van der Waals surface area contributed by atoms with Crippen LogP contribution in [0.25, 0.3) is 10.9 Å². The Kier molecular flexibility index (Phi) is 8.33. The second-order valence-electron chi connectivity index (χ2n) is 8.57. The summed E-state index contributed by atoms with van der Waals surface area (Å²) in [5.41, 5.74) is 1.67. The summed E-state index contributed by atoms with van der Waals surface area (Å²) in [6.45, 7) is 5.94. The Morgan fingerprint density at radius 2 is 2.06 bits per heavy atom. The zero-order valence-electron chi connectivity index (χ0n) is 19.9. The van der Waals surface area contributed by atoms with E-state index in [0.29, 0.717) is 35.6 Å². The summed E-state index contributed by atoms with van der Waals surface area (Å²) in [5.74, 6) is 0.463. The van der Waals surface area contributed by atoms with Gasteiger partial charge >= 0.3 is 0 Å². The van der Waals surface area contributed by atoms with E-state index >= 15 is 0 Å². The number of nitrogens with zero attached hydrogens (tertiary/aromatic N) is 3. The molecule has 35 heavy (non-hydrogen) atoms. The number of rotatable bonds is 10. The molecule has 1 saturated heterocycles. The predicted molar refractivity (Wildman–Crippen MR) is 136 cm³/mol. The molecule has 1 aliphatic heterocycles. The number of hydrogen-bond acceptors (Lipinski definition) is 7. The molecule has 3 N–H and O–H groups in total. The van der Waals surface area contributed by atoms with Gasteiger partial charge in [-0.25, -0.2) is 14.4 Å². The number of halogens is 2. The van der Waals surface area contributed by atoms with Crippen molar-refractivity contribution in [3.05, 3.63) is 53.1 Å². The highest BCUT2D eigenvalue weighted by Crippen LogP contribution is 2.31. The molecule has 1 fully saturated rings. The lowest BCUT2D eigenvalue weighted by atomic mass is 10.1. The van der Waals surface area contributed by atoms with E-state index in [0.717, 1.165) is 25.2 Å². The summed E-state index contributed by atoms with van der Waals surface area (Å²) in [5, 5.41) is 9.98. The summed E-state index contributed by atoms with van der Waals surface area (Å²) in [6, 6.07) is 8.02. The van der Waals surface area contributed by atoms with Crippen LogP contribution < -0.4 is 20.7 Å². The summed E-state index contributed by atoms with van der Waals surface area (Å²) >= 11 is 5.92. The summed E-state index contributed by atoms with van der Waals surface area (Å²) in [7, 11) is 1.58. The van der Waals surface area contributed by atoms with Gasteiger partial charge in [-0.15, -0.1) is 0 Å². The lowest BCUT2D eigenvalue weighted by Crippen LogP contribution is -2.44. The fraction of sp³-hybridized carbons (Fsp3) is 0.400. The van der Waals surface area contributed by atoms with Gasteiger partial charge in [0.2, 0.25) is 5.91 Å². The van der Waals surface area contributed by atoms with E-state index < -0.39 is 5.82 Å². The molecule has 1 atom stereocenters. The maximum atomic E-state index is 14.4. The van der Waals surface area contributed by atoms with Crippen molar-refractivity contribution in [3.63, 3.8) is 0 Å². The van der Waals surface area contributed by atoms with Crippen LogP contribution >= 0.6 is 11.6 Å². The monoisotopic (exact) mass is 500 g/mol. The average molecular weight is 501 g/mol. The minimum Gasteiger partial charge on any atom is -0.496 e. The molecule has 1 aromatic heterocycles. The maximum Gasteiger partial charge on any atom is 0.236 e. The van der Waals surface area contributed by atoms with Gasteiger partial charge in [-0.2, -0.15) is 0 Å². The molecule has 2 aromatic carbocycles. The first-order valence-electron chi connectivity index (χ1n) is 11.7. The molecule has 2 heterocycles. The Hall–Kier alpha value is -3.01. The highest BCUT2D eigenvalue weighted by Gasteiger charge is 2.17. The normalized spacial score (nSPS) is 14.7. The molecule has 1 amide bonds. The SMILES string of the molecule is COc1cc2ncnc(Nc3cccc(Cl)c3F)c2cc1CN[C@@H](C)C(=O)NCCN1CCCC1. The Balaban J connectivity index is 1.46. The van der Waals surface area contributed by atoms with Crippen molar-refractivity contribution in [2.24, 2.45) is 0 Å². The summed E-state index contributed by atoms with van der Waals surface area (Å²) < 4.78 is 20.0. The summed E-state index contributed by atoms with van der Waals surface area (Å²) in [6.07, 6.45) is 3.87. The Bertz CT molecular complexity index is 1190. The topological polar surface area (TPSA) is 91.4 Å². The molecule has 186 valence electrons. The predicted octanol–water partition coefficient (Wildman–Crippen LogP) is 3.86. The number of carbonyl (C=O) groups is 1. The van der Waals surface area contributed by atoms with Crippen molar-refractivity contribution in [1.29, 1.82) is 0 Å². The molecule has 0 saturated carbocycles. The highest BCUT2D eigenvalue weighted by molar-refractivity contribution is 6.31. The second kappa shape index (κ2) is 11.6. The minimum absolute atomic E-state index is 0.0209. The standard InChI is InChI=1S/C25H30ClFN6O2/c1-16(25(34)28-8-11-33-9-3-4-10-33)29-14-17-12-18-21(13-22(17)35-2)30-15-31-24(18)32-20-7-5-6-19(26)23(20)27/h5-7,12-13,15-16,29H,3-4,8-11,14H2,1-2H3,(H,28,34)(H,30,31,32)/t16-/m0/s1. The van der Waals surface area contributed by atoms with Crippen LogP contribution in [-0.2, 0) is 11.3 Å². The van der Waals surface area contributed by atoms with Gasteiger partial charge in [0, 0.05) is 36.7 Å². The van der Waals surface area contributed by atoms with Gasteiger partial charge < -0.3 is 25.6 Å². The molecular weight excluding hydrogens is 471 g/mol. The third-order valence-corrected chi connectivity index (χ3v) is 6.45. The van der Waals surface area contributed by atoms with Crippen LogP contribution in [0.5, 0.6) is 5.75 Å². The minimum atomic E-state index is -0.555. The number of carbonyl (C=O) groups excluding carboxylic acids is 1. The largest absolute Gasteiger partial charge is 0.496 e. The molecule has 0 bridgehead atoms. The molecule has 0 unspecified atom stereocenters. The molecular formula is C25H30ClFN6O2. The Morgan fingerprint density at radius 1 is 1.26 bits per heavy atom. The number of amides is 1. The number of fused-ring (bicyclic) bond motifs is 1. The first kappa shape index (κ1) is 25.1. The van der Waals surface area contributed by atoms with Gasteiger partial charge in [0.05, 0.1) is 29.4 Å². The van der Waals surface area contributed by atoms with Gasteiger partial charge in [-0.05, 0) is 51.1 Å². The van der Waals surface area contributed by atoms with Crippen LogP contribution in [0.2, 0.25) is 5.02 Å². The number of benzene rings is 2. The van der Waals surface area contributed by atoms with E-state index in [2.05, 4.69) is 30.8 Å². The molecule has 0 radical (unpaired) electrons. The first-order chi connectivity index (χ1) is 17.0. The van der Waals surface area contributed by atoms with Gasteiger partial charge in [0.25, 0.3) is 0 Å². The van der Waals surface area contributed by atoms with Crippen LogP contribution in [0, 0.1) is 5.82 Å². The van der Waals surface area contributed by atoms with Crippen molar-refractivity contribution < 1.29 is 13.9 Å². The van der Waals surface area contributed by atoms with Crippen molar-refractivity contribution >= 4 is 39.9 Å². The lowest BCUT2D eigenvalue weighted by Gasteiger charge is -2.18. The second-order valence-corrected chi connectivity index (χ2v) is 8.98. The number of methoxy groups -OCH3 is 1. The molecule has 10 heteroatoms. The van der Waals surface area contributed by atoms with Gasteiger partial charge in [-0.3, -0.25) is 4.79 Å². The number of hydrogen-bond donors (Lipinski definition) is 3. The van der Waals surface area contributed by atoms with Crippen LogP contribution in [0.1, 0.15) is 25.3 Å². The van der Waals surface area contributed by atoms with Gasteiger partial charge in [0.15, 0.2) is 5.82 Å². The number of nitrogens with one attached hydrogen (secondary N) is 3. The van der Waals surface area contributed by atoms with E-state index in [1.807, 2.05) is 13.0 Å². The van der Waals surface area contributed by atoms with Crippen LogP contribution in [0.3, 0.4) is 0 Å². The smallest absolute Gasteiger partial charge is 0.236 e. The molecule has 8 nitrogen and oxygen atoms in total. The zero-order chi connectivity index (χ0) is 24.8. The number of ether oxygens (including phenoxy) is 1. The first-order valence-corrected chi connectivity index (χ1v) is 12.1. The van der Waals surface area contributed by atoms with Crippen LogP contribution in [-0.4, -0.2) is 60.1 Å². The third kappa shape index (κ3) is 6.17. The maximum absolute atomic E-state index is 14.4. The molecule has 3 aromatic rings. The highest BCUT2D eigenvalue weighted by atomic mass is 35.5. The fourth-order valence-corrected chi connectivity index (χ4v) is 4.31. The Labute approximate surface area is 209 Å². The molecule has 1 aliphatic rings. The molecule has 4 rings (SSSR count). The van der Waals surface area contributed by atoms with Crippen molar-refractivity contribution in [2.45, 2.75) is 32.4 Å². The van der Waals surface area contributed by atoms with E-state index in [4.69, 9.17) is 16.3 Å². The molecule has 0 spiro atoms. The fourth-order valence-electron chi connectivity index (χ4n) is 4.14. The van der Waals surface area contributed by atoms with Crippen molar-refractivity contribution in [2.75, 3.05) is 38.6 Å². The number of likely N-dealkylation sites (tertiary alicyclic amines) is 1. The van der Waals surface area contributed by atoms with E-state index in [9.17, 15) is 9.18 Å². The van der Waals surface area contributed by atoms with Crippen molar-refractivity contribution in [1.82, 2.24) is 25.5 Å². The third-order valence-electron chi connectivity index (χ3n) is 6.16. The Morgan fingerprint density at radius 3 is 2.83 bits per heavy atom. The quantitative estimate of drug-likeness (QED) is 0.389. The number of aromatic nitrogens is 2. The lowest BCUT2D eigenvalue weighted by molar-refractivity contribution is -0.122. The van der Waals surface area contributed by atoms with E-state index in [1.165, 1.54) is 25.2 Å². The average Bonchev–Trinajstić information content (AvgIpc) is 3.38. The molecule has 0 aliphatic carbocycles. The van der Waals surface area contributed by atoms with Gasteiger partial charge in [0.1, 0.15) is 17.9 Å². The van der Waals surface area contributed by atoms with Gasteiger partial charge in [-0.1, -0.05) is 17.7 Å². The van der Waals surface area contributed by atoms with E-state index in [-0.39, 0.29) is 22.7 Å². The summed E-state index contributed by atoms with van der Waals surface area (Å²) in [4.78, 5) is 23.5. The number of anilines is 2. The zero-order valence-corrected chi connectivity index (χ0v) is 20.7.